The van der Waals surface area contributed by atoms with Gasteiger partial charge in [-0.2, -0.15) is 0 Å². The molecule has 1 amide bonds. The van der Waals surface area contributed by atoms with Gasteiger partial charge < -0.3 is 9.64 Å². The van der Waals surface area contributed by atoms with Crippen LogP contribution in [0.15, 0.2) is 42.5 Å². The average Bonchev–Trinajstić information content (AvgIpc) is 2.52. The van der Waals surface area contributed by atoms with Crippen LogP contribution in [0.3, 0.4) is 0 Å². The number of para-hydroxylation sites is 1. The quantitative estimate of drug-likeness (QED) is 0.789. The van der Waals surface area contributed by atoms with E-state index in [1.54, 1.807) is 0 Å². The Morgan fingerprint density at radius 3 is 2.43 bits per heavy atom. The summed E-state index contributed by atoms with van der Waals surface area (Å²) in [6.07, 6.45) is 0.371. The minimum absolute atomic E-state index is 0.0894. The molecule has 2 rings (SSSR count). The lowest BCUT2D eigenvalue weighted by atomic mass is 10.1. The van der Waals surface area contributed by atoms with Crippen LogP contribution in [0.2, 0.25) is 0 Å². The number of anilines is 1. The predicted molar refractivity (Wildman–Crippen MR) is 95.2 cm³/mol. The molecule has 0 aliphatic heterocycles. The van der Waals surface area contributed by atoms with Gasteiger partial charge in [0.2, 0.25) is 5.91 Å². The molecule has 0 atom stereocenters. The molecule has 0 aromatic heterocycles. The summed E-state index contributed by atoms with van der Waals surface area (Å²) in [4.78, 5) is 14.3. The third-order valence-electron chi connectivity index (χ3n) is 3.93. The van der Waals surface area contributed by atoms with E-state index in [0.29, 0.717) is 19.6 Å². The van der Waals surface area contributed by atoms with E-state index in [0.717, 1.165) is 22.6 Å². The zero-order chi connectivity index (χ0) is 16.8. The number of amides is 1. The van der Waals surface area contributed by atoms with Crippen molar-refractivity contribution in [2.24, 2.45) is 0 Å². The zero-order valence-electron chi connectivity index (χ0n) is 14.4. The number of hydrogen-bond acceptors (Lipinski definition) is 2. The van der Waals surface area contributed by atoms with E-state index in [4.69, 9.17) is 4.74 Å². The highest BCUT2D eigenvalue weighted by Gasteiger charge is 2.15. The van der Waals surface area contributed by atoms with Gasteiger partial charge in [-0.3, -0.25) is 4.79 Å². The van der Waals surface area contributed by atoms with Crippen molar-refractivity contribution in [3.05, 3.63) is 59.2 Å². The average molecular weight is 311 g/mol. The monoisotopic (exact) mass is 311 g/mol. The molecule has 3 nitrogen and oxygen atoms in total. The molecule has 0 bridgehead atoms. The Kier molecular flexibility index (Phi) is 5.80. The minimum Gasteiger partial charge on any atom is -0.493 e. The molecule has 0 fully saturated rings. The van der Waals surface area contributed by atoms with Gasteiger partial charge in [0.25, 0.3) is 0 Å². The van der Waals surface area contributed by atoms with Gasteiger partial charge >= 0.3 is 0 Å². The SMILES string of the molecule is CCN(C(=O)CCOc1ccc(C)cc1C)c1ccccc1C. The molecule has 2 aromatic rings. The molecular weight excluding hydrogens is 286 g/mol. The van der Waals surface area contributed by atoms with Gasteiger partial charge in [0.05, 0.1) is 13.0 Å². The van der Waals surface area contributed by atoms with E-state index in [9.17, 15) is 4.79 Å². The summed E-state index contributed by atoms with van der Waals surface area (Å²) < 4.78 is 5.78. The fraction of sp³-hybridized carbons (Fsp3) is 0.350. The number of ether oxygens (including phenoxy) is 1. The largest absolute Gasteiger partial charge is 0.493 e. The Hall–Kier alpha value is -2.29. The predicted octanol–water partition coefficient (Wildman–Crippen LogP) is 4.43. The maximum Gasteiger partial charge on any atom is 0.230 e. The van der Waals surface area contributed by atoms with Crippen LogP contribution in [0.5, 0.6) is 5.75 Å². The highest BCUT2D eigenvalue weighted by molar-refractivity contribution is 5.94. The molecule has 0 aliphatic rings. The number of carbonyl (C=O) groups is 1. The number of benzene rings is 2. The molecule has 122 valence electrons. The fourth-order valence-corrected chi connectivity index (χ4v) is 2.69. The summed E-state index contributed by atoms with van der Waals surface area (Å²) >= 11 is 0. The molecular formula is C20H25NO2. The van der Waals surface area contributed by atoms with Crippen LogP contribution in [-0.4, -0.2) is 19.1 Å². The van der Waals surface area contributed by atoms with Crippen LogP contribution in [0, 0.1) is 20.8 Å². The first-order valence-corrected chi connectivity index (χ1v) is 8.09. The van der Waals surface area contributed by atoms with Crippen LogP contribution in [0.1, 0.15) is 30.0 Å². The lowest BCUT2D eigenvalue weighted by molar-refractivity contribution is -0.119. The summed E-state index contributed by atoms with van der Waals surface area (Å²) in [6, 6.07) is 14.0. The molecule has 0 saturated carbocycles. The first kappa shape index (κ1) is 17.1. The number of rotatable bonds is 6. The van der Waals surface area contributed by atoms with Crippen LogP contribution in [0.4, 0.5) is 5.69 Å². The van der Waals surface area contributed by atoms with Gasteiger partial charge in [-0.25, -0.2) is 0 Å². The second-order valence-corrected chi connectivity index (χ2v) is 5.79. The molecule has 0 aliphatic carbocycles. The maximum atomic E-state index is 12.5. The van der Waals surface area contributed by atoms with E-state index in [-0.39, 0.29) is 5.91 Å². The van der Waals surface area contributed by atoms with Gasteiger partial charge in [0, 0.05) is 12.2 Å². The normalized spacial score (nSPS) is 10.4. The number of hydrogen-bond donors (Lipinski definition) is 0. The summed E-state index contributed by atoms with van der Waals surface area (Å²) in [6.45, 7) is 9.16. The van der Waals surface area contributed by atoms with Gasteiger partial charge in [-0.1, -0.05) is 35.9 Å². The van der Waals surface area contributed by atoms with Crippen molar-refractivity contribution in [1.82, 2.24) is 0 Å². The Bertz CT molecular complexity index is 679. The van der Waals surface area contributed by atoms with E-state index in [2.05, 4.69) is 13.0 Å². The van der Waals surface area contributed by atoms with Crippen molar-refractivity contribution >= 4 is 11.6 Å². The van der Waals surface area contributed by atoms with Crippen molar-refractivity contribution in [2.75, 3.05) is 18.1 Å². The van der Waals surface area contributed by atoms with E-state index < -0.39 is 0 Å². The van der Waals surface area contributed by atoms with Gasteiger partial charge in [0.1, 0.15) is 5.75 Å². The third-order valence-corrected chi connectivity index (χ3v) is 3.93. The van der Waals surface area contributed by atoms with Crippen molar-refractivity contribution in [2.45, 2.75) is 34.1 Å². The first-order chi connectivity index (χ1) is 11.0. The van der Waals surface area contributed by atoms with Gasteiger partial charge in [0.15, 0.2) is 0 Å². The summed E-state index contributed by atoms with van der Waals surface area (Å²) in [5.74, 6) is 0.939. The molecule has 0 heterocycles. The molecule has 0 unspecified atom stereocenters. The Morgan fingerprint density at radius 2 is 1.78 bits per heavy atom. The molecule has 2 aromatic carbocycles. The second-order valence-electron chi connectivity index (χ2n) is 5.79. The molecule has 0 radical (unpaired) electrons. The van der Waals surface area contributed by atoms with Gasteiger partial charge in [-0.05, 0) is 51.0 Å². The van der Waals surface area contributed by atoms with Crippen LogP contribution in [0.25, 0.3) is 0 Å². The Balaban J connectivity index is 1.97. The number of carbonyl (C=O) groups excluding carboxylic acids is 1. The zero-order valence-corrected chi connectivity index (χ0v) is 14.4. The topological polar surface area (TPSA) is 29.5 Å². The third kappa shape index (κ3) is 4.35. The van der Waals surface area contributed by atoms with E-state index in [1.165, 1.54) is 5.56 Å². The standard InChI is InChI=1S/C20H25NO2/c1-5-21(18-9-7-6-8-16(18)3)20(22)12-13-23-19-11-10-15(2)14-17(19)4/h6-11,14H,5,12-13H2,1-4H3. The van der Waals surface area contributed by atoms with Gasteiger partial charge in [-0.15, -0.1) is 0 Å². The Morgan fingerprint density at radius 1 is 1.04 bits per heavy atom. The highest BCUT2D eigenvalue weighted by atomic mass is 16.5. The Labute approximate surface area is 138 Å². The lowest BCUT2D eigenvalue weighted by Gasteiger charge is -2.23. The van der Waals surface area contributed by atoms with Crippen LogP contribution >= 0.6 is 0 Å². The van der Waals surface area contributed by atoms with Crippen molar-refractivity contribution in [3.8, 4) is 5.75 Å². The summed E-state index contributed by atoms with van der Waals surface area (Å²) in [5.41, 5.74) is 4.40. The maximum absolute atomic E-state index is 12.5. The smallest absolute Gasteiger partial charge is 0.230 e. The first-order valence-electron chi connectivity index (χ1n) is 8.09. The molecule has 3 heteroatoms. The molecule has 0 saturated heterocycles. The van der Waals surface area contributed by atoms with Crippen LogP contribution in [-0.2, 0) is 4.79 Å². The molecule has 0 spiro atoms. The molecule has 0 N–H and O–H groups in total. The number of aryl methyl sites for hydroxylation is 3. The van der Waals surface area contributed by atoms with Crippen LogP contribution < -0.4 is 9.64 Å². The summed E-state index contributed by atoms with van der Waals surface area (Å²) in [5, 5.41) is 0. The van der Waals surface area contributed by atoms with Crippen molar-refractivity contribution < 1.29 is 9.53 Å². The lowest BCUT2D eigenvalue weighted by Crippen LogP contribution is -2.32. The second kappa shape index (κ2) is 7.82. The highest BCUT2D eigenvalue weighted by Crippen LogP contribution is 2.21. The van der Waals surface area contributed by atoms with E-state index in [1.807, 2.05) is 62.1 Å². The fourth-order valence-electron chi connectivity index (χ4n) is 2.69. The van der Waals surface area contributed by atoms with Crippen molar-refractivity contribution in [3.63, 3.8) is 0 Å². The minimum atomic E-state index is 0.0894. The van der Waals surface area contributed by atoms with E-state index >= 15 is 0 Å². The molecule has 23 heavy (non-hydrogen) atoms. The number of nitrogens with zero attached hydrogens (tertiary/aromatic N) is 1. The van der Waals surface area contributed by atoms with Crippen molar-refractivity contribution in [1.29, 1.82) is 0 Å². The summed E-state index contributed by atoms with van der Waals surface area (Å²) in [7, 11) is 0.